The molecule has 2 aliphatic carbocycles. The number of carbonyl (C=O) groups is 1. The van der Waals surface area contributed by atoms with Gasteiger partial charge in [0.15, 0.2) is 0 Å². The molecule has 3 rings (SSSR count). The average Bonchev–Trinajstić information content (AvgIpc) is 3.00. The highest BCUT2D eigenvalue weighted by Gasteiger charge is 2.68. The van der Waals surface area contributed by atoms with Gasteiger partial charge in [0, 0.05) is 5.41 Å². The van der Waals surface area contributed by atoms with Crippen LogP contribution in [0.15, 0.2) is 30.3 Å². The van der Waals surface area contributed by atoms with E-state index in [1.807, 2.05) is 18.2 Å². The summed E-state index contributed by atoms with van der Waals surface area (Å²) >= 11 is 0. The topological polar surface area (TPSA) is 37.3 Å². The Labute approximate surface area is 95.3 Å². The fourth-order valence-electron chi connectivity index (χ4n) is 3.74. The van der Waals surface area contributed by atoms with Crippen LogP contribution in [0.5, 0.6) is 0 Å². The van der Waals surface area contributed by atoms with Crippen LogP contribution in [-0.2, 0) is 10.2 Å². The maximum atomic E-state index is 11.3. The molecule has 0 bridgehead atoms. The van der Waals surface area contributed by atoms with Gasteiger partial charge < -0.3 is 5.11 Å². The number of aliphatic carboxylic acids is 1. The third kappa shape index (κ3) is 1.16. The first-order valence-corrected chi connectivity index (χ1v) is 6.05. The minimum Gasteiger partial charge on any atom is -0.481 e. The third-order valence-corrected chi connectivity index (χ3v) is 4.44. The molecule has 0 aromatic heterocycles. The van der Waals surface area contributed by atoms with Gasteiger partial charge in [0.2, 0.25) is 0 Å². The molecule has 2 aliphatic rings. The molecule has 1 unspecified atom stereocenters. The second-order valence-corrected chi connectivity index (χ2v) is 5.07. The molecule has 1 aromatic rings. The third-order valence-electron chi connectivity index (χ3n) is 4.44. The van der Waals surface area contributed by atoms with Gasteiger partial charge >= 0.3 is 5.97 Å². The van der Waals surface area contributed by atoms with E-state index in [0.717, 1.165) is 12.8 Å². The predicted octanol–water partition coefficient (Wildman–Crippen LogP) is 2.83. The fraction of sp³-hybridized carbons (Fsp3) is 0.500. The zero-order valence-corrected chi connectivity index (χ0v) is 9.23. The van der Waals surface area contributed by atoms with Crippen LogP contribution in [0, 0.1) is 11.8 Å². The normalized spacial score (nSPS) is 36.5. The number of hydrogen-bond donors (Lipinski definition) is 1. The molecule has 2 nitrogen and oxygen atoms in total. The lowest BCUT2D eigenvalue weighted by molar-refractivity contribution is -0.139. The largest absolute Gasteiger partial charge is 0.481 e. The fourth-order valence-corrected chi connectivity index (χ4v) is 3.74. The van der Waals surface area contributed by atoms with Gasteiger partial charge in [-0.1, -0.05) is 43.2 Å². The lowest BCUT2D eigenvalue weighted by atomic mass is 9.82. The minimum absolute atomic E-state index is 0.0225. The zero-order chi connectivity index (χ0) is 11.2. The van der Waals surface area contributed by atoms with Gasteiger partial charge in [-0.3, -0.25) is 4.79 Å². The summed E-state index contributed by atoms with van der Waals surface area (Å²) in [7, 11) is 0. The van der Waals surface area contributed by atoms with Gasteiger partial charge in [0.25, 0.3) is 0 Å². The molecule has 3 atom stereocenters. The van der Waals surface area contributed by atoms with Crippen molar-refractivity contribution in [1.29, 1.82) is 0 Å². The number of fused-ring (bicyclic) bond motifs is 1. The lowest BCUT2D eigenvalue weighted by Gasteiger charge is -2.22. The Morgan fingerprint density at radius 2 is 2.00 bits per heavy atom. The van der Waals surface area contributed by atoms with Crippen LogP contribution in [0.3, 0.4) is 0 Å². The monoisotopic (exact) mass is 216 g/mol. The number of carboxylic acids is 1. The second kappa shape index (κ2) is 3.34. The molecular weight excluding hydrogens is 200 g/mol. The molecule has 16 heavy (non-hydrogen) atoms. The van der Waals surface area contributed by atoms with Crippen molar-refractivity contribution in [3.63, 3.8) is 0 Å². The Bertz CT molecular complexity index is 412. The maximum Gasteiger partial charge on any atom is 0.307 e. The van der Waals surface area contributed by atoms with Crippen molar-refractivity contribution in [2.75, 3.05) is 0 Å². The Balaban J connectivity index is 2.00. The van der Waals surface area contributed by atoms with E-state index in [-0.39, 0.29) is 11.3 Å². The van der Waals surface area contributed by atoms with E-state index in [9.17, 15) is 9.90 Å². The summed E-state index contributed by atoms with van der Waals surface area (Å²) in [5.41, 5.74) is 1.22. The summed E-state index contributed by atoms with van der Waals surface area (Å²) in [5, 5.41) is 9.31. The van der Waals surface area contributed by atoms with Crippen LogP contribution in [-0.4, -0.2) is 11.1 Å². The quantitative estimate of drug-likeness (QED) is 0.825. The number of rotatable bonds is 2. The van der Waals surface area contributed by atoms with Gasteiger partial charge in [-0.15, -0.1) is 0 Å². The van der Waals surface area contributed by atoms with Crippen molar-refractivity contribution < 1.29 is 9.90 Å². The Hall–Kier alpha value is -1.31. The van der Waals surface area contributed by atoms with Gasteiger partial charge in [0.1, 0.15) is 0 Å². The summed E-state index contributed by atoms with van der Waals surface area (Å²) in [4.78, 5) is 11.3. The second-order valence-electron chi connectivity index (χ2n) is 5.07. The average molecular weight is 216 g/mol. The molecule has 0 amide bonds. The zero-order valence-electron chi connectivity index (χ0n) is 9.23. The van der Waals surface area contributed by atoms with Gasteiger partial charge in [-0.2, -0.15) is 0 Å². The SMILES string of the molecule is O=C(O)[C@H]1C2CCCC[C@]21c1ccccc1. The van der Waals surface area contributed by atoms with Crippen molar-refractivity contribution in [1.82, 2.24) is 0 Å². The van der Waals surface area contributed by atoms with Crippen molar-refractivity contribution in [3.8, 4) is 0 Å². The van der Waals surface area contributed by atoms with Gasteiger partial charge in [-0.05, 0) is 24.3 Å². The molecule has 2 saturated carbocycles. The van der Waals surface area contributed by atoms with E-state index in [2.05, 4.69) is 12.1 Å². The lowest BCUT2D eigenvalue weighted by Crippen LogP contribution is -2.17. The first-order valence-electron chi connectivity index (χ1n) is 6.05. The molecule has 84 valence electrons. The molecule has 0 saturated heterocycles. The van der Waals surface area contributed by atoms with E-state index >= 15 is 0 Å². The summed E-state index contributed by atoms with van der Waals surface area (Å²) in [5.74, 6) is -0.339. The van der Waals surface area contributed by atoms with E-state index in [1.165, 1.54) is 18.4 Å². The Morgan fingerprint density at radius 3 is 2.69 bits per heavy atom. The molecule has 1 aromatic carbocycles. The molecule has 2 fully saturated rings. The number of benzene rings is 1. The van der Waals surface area contributed by atoms with Crippen molar-refractivity contribution in [2.24, 2.45) is 11.8 Å². The smallest absolute Gasteiger partial charge is 0.307 e. The van der Waals surface area contributed by atoms with Crippen LogP contribution in [0.25, 0.3) is 0 Å². The van der Waals surface area contributed by atoms with Crippen molar-refractivity contribution in [2.45, 2.75) is 31.1 Å². The molecule has 2 heteroatoms. The summed E-state index contributed by atoms with van der Waals surface area (Å²) in [6.07, 6.45) is 4.52. The molecule has 0 heterocycles. The summed E-state index contributed by atoms with van der Waals surface area (Å²) in [6.45, 7) is 0. The van der Waals surface area contributed by atoms with Crippen LogP contribution in [0.4, 0.5) is 0 Å². The molecule has 0 spiro atoms. The Kier molecular flexibility index (Phi) is 2.06. The number of hydrogen-bond acceptors (Lipinski definition) is 1. The molecular formula is C14H16O2. The first kappa shape index (κ1) is 9.88. The summed E-state index contributed by atoms with van der Waals surface area (Å²) < 4.78 is 0. The van der Waals surface area contributed by atoms with Crippen LogP contribution >= 0.6 is 0 Å². The molecule has 0 aliphatic heterocycles. The van der Waals surface area contributed by atoms with E-state index < -0.39 is 5.97 Å². The highest BCUT2D eigenvalue weighted by molar-refractivity contribution is 5.78. The molecule has 0 radical (unpaired) electrons. The molecule has 1 N–H and O–H groups in total. The minimum atomic E-state index is -0.601. The highest BCUT2D eigenvalue weighted by Crippen LogP contribution is 2.67. The van der Waals surface area contributed by atoms with Gasteiger partial charge in [-0.25, -0.2) is 0 Å². The Morgan fingerprint density at radius 1 is 1.25 bits per heavy atom. The van der Waals surface area contributed by atoms with E-state index in [4.69, 9.17) is 0 Å². The van der Waals surface area contributed by atoms with Crippen LogP contribution in [0.2, 0.25) is 0 Å². The maximum absolute atomic E-state index is 11.3. The van der Waals surface area contributed by atoms with Gasteiger partial charge in [0.05, 0.1) is 5.92 Å². The van der Waals surface area contributed by atoms with E-state index in [1.54, 1.807) is 0 Å². The predicted molar refractivity (Wildman–Crippen MR) is 61.2 cm³/mol. The van der Waals surface area contributed by atoms with Crippen molar-refractivity contribution in [3.05, 3.63) is 35.9 Å². The first-order chi connectivity index (χ1) is 7.77. The van der Waals surface area contributed by atoms with Crippen LogP contribution in [0.1, 0.15) is 31.2 Å². The van der Waals surface area contributed by atoms with E-state index in [0.29, 0.717) is 5.92 Å². The number of carboxylic acid groups (broad SMARTS) is 1. The van der Waals surface area contributed by atoms with Crippen LogP contribution < -0.4 is 0 Å². The summed E-state index contributed by atoms with van der Waals surface area (Å²) in [6, 6.07) is 10.2. The standard InChI is InChI=1S/C14H16O2/c15-13(16)12-11-8-4-5-9-14(11,12)10-6-2-1-3-7-10/h1-3,6-7,11-12H,4-5,8-9H2,(H,15,16)/t11?,12-,14+/m1/s1. The van der Waals surface area contributed by atoms with Crippen molar-refractivity contribution >= 4 is 5.97 Å². The highest BCUT2D eigenvalue weighted by atomic mass is 16.4.